The first kappa shape index (κ1) is 26.9. The van der Waals surface area contributed by atoms with E-state index in [1.54, 1.807) is 56.5 Å². The smallest absolute Gasteiger partial charge is 0.335 e. The normalized spacial score (nSPS) is 11.2. The lowest BCUT2D eigenvalue weighted by Gasteiger charge is -2.11. The number of fused-ring (bicyclic) bond motifs is 1. The molecule has 0 saturated carbocycles. The number of aromatic carboxylic acids is 1. The van der Waals surface area contributed by atoms with E-state index >= 15 is 4.39 Å². The minimum Gasteiger partial charge on any atom is -0.478 e. The molecule has 0 radical (unpaired) electrons. The van der Waals surface area contributed by atoms with Gasteiger partial charge in [-0.25, -0.2) is 23.5 Å². The molecule has 204 valence electrons. The van der Waals surface area contributed by atoms with E-state index in [2.05, 4.69) is 15.0 Å². The summed E-state index contributed by atoms with van der Waals surface area (Å²) >= 11 is 0. The van der Waals surface area contributed by atoms with Crippen LogP contribution in [0, 0.1) is 18.6 Å². The van der Waals surface area contributed by atoms with Gasteiger partial charge in [0.05, 0.1) is 28.9 Å². The molecule has 3 aromatic carbocycles. The van der Waals surface area contributed by atoms with Crippen molar-refractivity contribution in [1.82, 2.24) is 19.5 Å². The van der Waals surface area contributed by atoms with Crippen LogP contribution in [0.4, 0.5) is 8.78 Å². The maximum Gasteiger partial charge on any atom is 0.335 e. The third-order valence-corrected chi connectivity index (χ3v) is 6.49. The van der Waals surface area contributed by atoms with E-state index in [1.807, 2.05) is 4.57 Å². The third-order valence-electron chi connectivity index (χ3n) is 6.49. The molecule has 2 aromatic heterocycles. The van der Waals surface area contributed by atoms with Gasteiger partial charge in [0, 0.05) is 37.4 Å². The van der Waals surface area contributed by atoms with Gasteiger partial charge in [0.25, 0.3) is 0 Å². The SMILES string of the molecule is COCCn1c(Cc2ccc(-c3ccnc(OCc4ccc(C)cc4F)n3)cc2F)nc2ccc(C(=O)O)cc21. The van der Waals surface area contributed by atoms with Gasteiger partial charge >= 0.3 is 12.0 Å². The van der Waals surface area contributed by atoms with Crippen molar-refractivity contribution >= 4 is 17.0 Å². The Kier molecular flexibility index (Phi) is 7.79. The summed E-state index contributed by atoms with van der Waals surface area (Å²) in [4.78, 5) is 24.6. The lowest BCUT2D eigenvalue weighted by atomic mass is 10.1. The lowest BCUT2D eigenvalue weighted by Crippen LogP contribution is -2.10. The molecule has 0 spiro atoms. The second-order valence-electron chi connectivity index (χ2n) is 9.27. The van der Waals surface area contributed by atoms with E-state index in [-0.39, 0.29) is 30.4 Å². The Labute approximate surface area is 228 Å². The number of nitrogens with zero attached hydrogens (tertiary/aromatic N) is 4. The highest BCUT2D eigenvalue weighted by molar-refractivity contribution is 5.92. The van der Waals surface area contributed by atoms with Crippen LogP contribution in [0.25, 0.3) is 22.3 Å². The van der Waals surface area contributed by atoms with Crippen LogP contribution in [0.15, 0.2) is 66.9 Å². The van der Waals surface area contributed by atoms with Crippen LogP contribution in [0.1, 0.15) is 32.9 Å². The van der Waals surface area contributed by atoms with E-state index < -0.39 is 11.8 Å². The fourth-order valence-corrected chi connectivity index (χ4v) is 4.38. The van der Waals surface area contributed by atoms with Crippen molar-refractivity contribution in [3.63, 3.8) is 0 Å². The zero-order valence-corrected chi connectivity index (χ0v) is 21.9. The van der Waals surface area contributed by atoms with Gasteiger partial charge in [-0.05, 0) is 54.4 Å². The molecule has 2 heterocycles. The van der Waals surface area contributed by atoms with Crippen LogP contribution in [0.3, 0.4) is 0 Å². The van der Waals surface area contributed by atoms with Gasteiger partial charge in [-0.2, -0.15) is 4.98 Å². The Bertz CT molecular complexity index is 1700. The maximum absolute atomic E-state index is 15.3. The van der Waals surface area contributed by atoms with Gasteiger partial charge < -0.3 is 19.1 Å². The molecule has 0 atom stereocenters. The molecule has 0 aliphatic rings. The van der Waals surface area contributed by atoms with Crippen LogP contribution >= 0.6 is 0 Å². The second-order valence-corrected chi connectivity index (χ2v) is 9.27. The van der Waals surface area contributed by atoms with E-state index in [0.717, 1.165) is 5.56 Å². The van der Waals surface area contributed by atoms with E-state index in [1.165, 1.54) is 24.4 Å². The molecule has 0 bridgehead atoms. The third kappa shape index (κ3) is 5.81. The number of aromatic nitrogens is 4. The molecule has 40 heavy (non-hydrogen) atoms. The summed E-state index contributed by atoms with van der Waals surface area (Å²) in [6, 6.07) is 16.1. The second kappa shape index (κ2) is 11.6. The van der Waals surface area contributed by atoms with Gasteiger partial charge in [-0.3, -0.25) is 0 Å². The van der Waals surface area contributed by atoms with Crippen molar-refractivity contribution in [1.29, 1.82) is 0 Å². The number of hydrogen-bond donors (Lipinski definition) is 1. The molecule has 0 amide bonds. The van der Waals surface area contributed by atoms with E-state index in [9.17, 15) is 14.3 Å². The number of halogens is 2. The van der Waals surface area contributed by atoms with E-state index in [0.29, 0.717) is 52.4 Å². The predicted octanol–water partition coefficient (Wildman–Crippen LogP) is 5.59. The lowest BCUT2D eigenvalue weighted by molar-refractivity contribution is 0.0697. The molecule has 0 fully saturated rings. The van der Waals surface area contributed by atoms with Crippen molar-refractivity contribution in [2.45, 2.75) is 26.5 Å². The van der Waals surface area contributed by atoms with Crippen molar-refractivity contribution in [3.8, 4) is 17.3 Å². The van der Waals surface area contributed by atoms with Crippen LogP contribution in [-0.4, -0.2) is 44.3 Å². The van der Waals surface area contributed by atoms with Crippen LogP contribution in [-0.2, 0) is 24.3 Å². The number of hydrogen-bond acceptors (Lipinski definition) is 6. The van der Waals surface area contributed by atoms with Crippen molar-refractivity contribution < 1.29 is 28.2 Å². The highest BCUT2D eigenvalue weighted by Crippen LogP contribution is 2.25. The van der Waals surface area contributed by atoms with Gasteiger partial charge in [0.2, 0.25) is 0 Å². The number of imidazole rings is 1. The van der Waals surface area contributed by atoms with Gasteiger partial charge in [0.1, 0.15) is 24.1 Å². The molecule has 1 N–H and O–H groups in total. The number of aryl methyl sites for hydroxylation is 1. The Hall–Kier alpha value is -4.70. The summed E-state index contributed by atoms with van der Waals surface area (Å²) in [6.45, 7) is 2.58. The van der Waals surface area contributed by atoms with Gasteiger partial charge in [-0.15, -0.1) is 0 Å². The molecule has 0 unspecified atom stereocenters. The van der Waals surface area contributed by atoms with Crippen molar-refractivity contribution in [3.05, 3.63) is 107 Å². The summed E-state index contributed by atoms with van der Waals surface area (Å²) in [5.74, 6) is -1.27. The van der Waals surface area contributed by atoms with Gasteiger partial charge in [0.15, 0.2) is 0 Å². The quantitative estimate of drug-likeness (QED) is 0.245. The number of carbonyl (C=O) groups is 1. The largest absolute Gasteiger partial charge is 0.478 e. The molecule has 5 aromatic rings. The number of rotatable bonds is 10. The maximum atomic E-state index is 15.3. The molecule has 5 rings (SSSR count). The molecule has 0 aliphatic carbocycles. The zero-order chi connectivity index (χ0) is 28.2. The highest BCUT2D eigenvalue weighted by atomic mass is 19.1. The van der Waals surface area contributed by atoms with Crippen LogP contribution < -0.4 is 4.74 Å². The number of carboxylic acids is 1. The summed E-state index contributed by atoms with van der Waals surface area (Å²) in [5.41, 5.74) is 3.98. The fourth-order valence-electron chi connectivity index (χ4n) is 4.38. The van der Waals surface area contributed by atoms with E-state index in [4.69, 9.17) is 9.47 Å². The first-order chi connectivity index (χ1) is 19.3. The Balaban J connectivity index is 1.37. The molecule has 10 heteroatoms. The van der Waals surface area contributed by atoms with Crippen molar-refractivity contribution in [2.75, 3.05) is 13.7 Å². The number of benzene rings is 3. The number of ether oxygens (including phenoxy) is 2. The average molecular weight is 545 g/mol. The average Bonchev–Trinajstić information content (AvgIpc) is 3.28. The number of methoxy groups -OCH3 is 1. The molecular formula is C30H26F2N4O4. The summed E-state index contributed by atoms with van der Waals surface area (Å²) in [7, 11) is 1.57. The molecular weight excluding hydrogens is 518 g/mol. The minimum absolute atomic E-state index is 0.0408. The monoisotopic (exact) mass is 544 g/mol. The summed E-state index contributed by atoms with van der Waals surface area (Å²) in [5, 5.41) is 9.39. The minimum atomic E-state index is -1.04. The summed E-state index contributed by atoms with van der Waals surface area (Å²) in [6.07, 6.45) is 1.69. The predicted molar refractivity (Wildman–Crippen MR) is 144 cm³/mol. The fraction of sp³-hybridized carbons (Fsp3) is 0.200. The van der Waals surface area contributed by atoms with Gasteiger partial charge in [-0.1, -0.05) is 24.3 Å². The molecule has 0 aliphatic heterocycles. The standard InChI is InChI=1S/C30H26F2N4O4/c1-18-3-4-22(23(31)13-18)17-40-30-33-10-9-25(35-30)20-6-5-19(24(32)14-20)16-28-34-26-8-7-21(29(37)38)15-27(26)36(28)11-12-39-2/h3-10,13-15H,11-12,16-17H2,1-2H3,(H,37,38). The molecule has 8 nitrogen and oxygen atoms in total. The zero-order valence-electron chi connectivity index (χ0n) is 21.9. The summed E-state index contributed by atoms with van der Waals surface area (Å²) < 4.78 is 42.1. The van der Waals surface area contributed by atoms with Crippen molar-refractivity contribution in [2.24, 2.45) is 0 Å². The number of carboxylic acid groups (broad SMARTS) is 1. The highest BCUT2D eigenvalue weighted by Gasteiger charge is 2.16. The first-order valence-electron chi connectivity index (χ1n) is 12.5. The molecule has 0 saturated heterocycles. The van der Waals surface area contributed by atoms with Crippen LogP contribution in [0.5, 0.6) is 6.01 Å². The Morgan fingerprint density at radius 1 is 0.975 bits per heavy atom. The topological polar surface area (TPSA) is 99.4 Å². The first-order valence-corrected chi connectivity index (χ1v) is 12.5. The Morgan fingerprint density at radius 3 is 2.52 bits per heavy atom. The van der Waals surface area contributed by atoms with Crippen LogP contribution in [0.2, 0.25) is 0 Å². The Morgan fingerprint density at radius 2 is 1.77 bits per heavy atom.